The maximum atomic E-state index is 9.18. The molecule has 0 saturated carbocycles. The van der Waals surface area contributed by atoms with Crippen molar-refractivity contribution in [1.29, 1.82) is 5.26 Å². The van der Waals surface area contributed by atoms with E-state index in [0.29, 0.717) is 11.5 Å². The monoisotopic (exact) mass is 344 g/mol. The molecule has 2 aromatic rings. The molecule has 0 saturated heterocycles. The first-order chi connectivity index (χ1) is 9.78. The lowest BCUT2D eigenvalue weighted by Gasteiger charge is -2.14. The molecule has 1 aliphatic rings. The van der Waals surface area contributed by atoms with Crippen molar-refractivity contribution < 1.29 is 0 Å². The number of halogens is 1. The molecule has 0 aromatic heterocycles. The van der Waals surface area contributed by atoms with Crippen molar-refractivity contribution in [3.63, 3.8) is 0 Å². The number of fused-ring (bicyclic) bond motifs is 1. The number of hydrogen-bond donors (Lipinski definition) is 1. The second-order valence-electron chi connectivity index (χ2n) is 4.73. The van der Waals surface area contributed by atoms with Crippen molar-refractivity contribution >= 4 is 33.4 Å². The van der Waals surface area contributed by atoms with Gasteiger partial charge >= 0.3 is 0 Å². The number of anilines is 1. The zero-order valence-electron chi connectivity index (χ0n) is 10.8. The summed E-state index contributed by atoms with van der Waals surface area (Å²) in [6.45, 7) is 0.861. The van der Waals surface area contributed by atoms with Gasteiger partial charge in [0.2, 0.25) is 0 Å². The molecule has 0 bridgehead atoms. The molecule has 0 fully saturated rings. The first-order valence-electron chi connectivity index (χ1n) is 6.43. The maximum absolute atomic E-state index is 9.18. The minimum Gasteiger partial charge on any atom is -0.383 e. The Balaban J connectivity index is 1.74. The molecular formula is C16H13BrN2S. The summed E-state index contributed by atoms with van der Waals surface area (Å²) < 4.78 is 0.932. The normalized spacial score (nSPS) is 16.5. The van der Waals surface area contributed by atoms with Gasteiger partial charge in [-0.25, -0.2) is 0 Å². The summed E-state index contributed by atoms with van der Waals surface area (Å²) in [7, 11) is 0. The Labute approximate surface area is 131 Å². The standard InChI is InChI=1S/C16H13BrN2S/c17-13-5-6-15(11(7-13)8-18)19-9-12-10-20-16-4-2-1-3-14(12)16/h1-7,12,19H,9-10H2. The third-order valence-corrected chi connectivity index (χ3v) is 5.18. The van der Waals surface area contributed by atoms with Crippen LogP contribution in [0.1, 0.15) is 17.0 Å². The van der Waals surface area contributed by atoms with Crippen LogP contribution in [0.2, 0.25) is 0 Å². The number of thioether (sulfide) groups is 1. The fourth-order valence-electron chi connectivity index (χ4n) is 2.39. The quantitative estimate of drug-likeness (QED) is 0.882. The van der Waals surface area contributed by atoms with Crippen LogP contribution in [-0.4, -0.2) is 12.3 Å². The Morgan fingerprint density at radius 3 is 3.00 bits per heavy atom. The molecule has 1 atom stereocenters. The van der Waals surface area contributed by atoms with Gasteiger partial charge in [0, 0.05) is 27.6 Å². The van der Waals surface area contributed by atoms with E-state index in [4.69, 9.17) is 0 Å². The molecule has 0 amide bonds. The largest absolute Gasteiger partial charge is 0.383 e. The van der Waals surface area contributed by atoms with Crippen LogP contribution in [0.5, 0.6) is 0 Å². The minimum absolute atomic E-state index is 0.506. The first-order valence-corrected chi connectivity index (χ1v) is 8.21. The molecule has 20 heavy (non-hydrogen) atoms. The van der Waals surface area contributed by atoms with Gasteiger partial charge in [0.05, 0.1) is 11.3 Å². The van der Waals surface area contributed by atoms with Gasteiger partial charge in [0.25, 0.3) is 0 Å². The molecule has 3 rings (SSSR count). The molecule has 0 aliphatic carbocycles. The number of rotatable bonds is 3. The minimum atomic E-state index is 0.506. The van der Waals surface area contributed by atoms with Crippen molar-refractivity contribution in [2.45, 2.75) is 10.8 Å². The summed E-state index contributed by atoms with van der Waals surface area (Å²) >= 11 is 5.30. The number of nitriles is 1. The van der Waals surface area contributed by atoms with Crippen LogP contribution in [0.15, 0.2) is 51.8 Å². The lowest BCUT2D eigenvalue weighted by atomic mass is 10.0. The average molecular weight is 345 g/mol. The van der Waals surface area contributed by atoms with Crippen molar-refractivity contribution in [2.24, 2.45) is 0 Å². The van der Waals surface area contributed by atoms with E-state index in [-0.39, 0.29) is 0 Å². The summed E-state index contributed by atoms with van der Waals surface area (Å²) in [6.07, 6.45) is 0. The van der Waals surface area contributed by atoms with Crippen LogP contribution in [-0.2, 0) is 0 Å². The predicted octanol–water partition coefficient (Wildman–Crippen LogP) is 4.62. The number of nitrogens with zero attached hydrogens (tertiary/aromatic N) is 1. The third-order valence-electron chi connectivity index (χ3n) is 3.44. The van der Waals surface area contributed by atoms with Crippen LogP contribution >= 0.6 is 27.7 Å². The number of benzene rings is 2. The lowest BCUT2D eigenvalue weighted by molar-refractivity contribution is 0.818. The Morgan fingerprint density at radius 1 is 1.30 bits per heavy atom. The van der Waals surface area contributed by atoms with Gasteiger partial charge < -0.3 is 5.32 Å². The summed E-state index contributed by atoms with van der Waals surface area (Å²) in [5.74, 6) is 1.61. The highest BCUT2D eigenvalue weighted by atomic mass is 79.9. The van der Waals surface area contributed by atoms with E-state index in [9.17, 15) is 5.26 Å². The zero-order chi connectivity index (χ0) is 13.9. The van der Waals surface area contributed by atoms with E-state index < -0.39 is 0 Å². The smallest absolute Gasteiger partial charge is 0.101 e. The molecule has 1 aliphatic heterocycles. The van der Waals surface area contributed by atoms with Crippen LogP contribution in [0.4, 0.5) is 5.69 Å². The van der Waals surface area contributed by atoms with Gasteiger partial charge in [0.15, 0.2) is 0 Å². The van der Waals surface area contributed by atoms with Gasteiger partial charge in [-0.15, -0.1) is 11.8 Å². The molecular weight excluding hydrogens is 332 g/mol. The SMILES string of the molecule is N#Cc1cc(Br)ccc1NCC1CSc2ccccc21. The Kier molecular flexibility index (Phi) is 4.00. The predicted molar refractivity (Wildman–Crippen MR) is 87.3 cm³/mol. The number of nitrogens with one attached hydrogen (secondary N) is 1. The fraction of sp³-hybridized carbons (Fsp3) is 0.188. The van der Waals surface area contributed by atoms with Crippen molar-refractivity contribution in [3.05, 3.63) is 58.1 Å². The van der Waals surface area contributed by atoms with E-state index in [1.165, 1.54) is 10.5 Å². The summed E-state index contributed by atoms with van der Waals surface area (Å²) in [4.78, 5) is 1.38. The van der Waals surface area contributed by atoms with Gasteiger partial charge in [-0.1, -0.05) is 34.1 Å². The molecule has 0 radical (unpaired) electrons. The summed E-state index contributed by atoms with van der Waals surface area (Å²) in [5, 5.41) is 12.6. The maximum Gasteiger partial charge on any atom is 0.101 e. The van der Waals surface area contributed by atoms with E-state index in [1.807, 2.05) is 30.0 Å². The molecule has 1 unspecified atom stereocenters. The summed E-state index contributed by atoms with van der Waals surface area (Å²) in [5.41, 5.74) is 3.00. The number of hydrogen-bond acceptors (Lipinski definition) is 3. The average Bonchev–Trinajstić information content (AvgIpc) is 2.89. The van der Waals surface area contributed by atoms with Gasteiger partial charge in [0.1, 0.15) is 6.07 Å². The molecule has 0 spiro atoms. The summed E-state index contributed by atoms with van der Waals surface area (Å²) in [6, 6.07) is 16.6. The molecule has 2 aromatic carbocycles. The Bertz CT molecular complexity index is 678. The highest BCUT2D eigenvalue weighted by Crippen LogP contribution is 2.39. The Hall–Kier alpha value is -1.44. The van der Waals surface area contributed by atoms with Gasteiger partial charge in [-0.3, -0.25) is 0 Å². The van der Waals surface area contributed by atoms with Crippen molar-refractivity contribution in [1.82, 2.24) is 0 Å². The topological polar surface area (TPSA) is 35.8 Å². The van der Waals surface area contributed by atoms with E-state index in [1.54, 1.807) is 0 Å². The Morgan fingerprint density at radius 2 is 2.15 bits per heavy atom. The fourth-order valence-corrected chi connectivity index (χ4v) is 4.01. The molecule has 1 heterocycles. The lowest BCUT2D eigenvalue weighted by Crippen LogP contribution is -2.13. The van der Waals surface area contributed by atoms with Crippen LogP contribution in [0, 0.1) is 11.3 Å². The third kappa shape index (κ3) is 2.70. The molecule has 2 nitrogen and oxygen atoms in total. The molecule has 1 N–H and O–H groups in total. The van der Waals surface area contributed by atoms with Crippen LogP contribution in [0.25, 0.3) is 0 Å². The van der Waals surface area contributed by atoms with E-state index >= 15 is 0 Å². The highest BCUT2D eigenvalue weighted by molar-refractivity contribution is 9.10. The van der Waals surface area contributed by atoms with E-state index in [2.05, 4.69) is 51.6 Å². The van der Waals surface area contributed by atoms with Crippen LogP contribution in [0.3, 0.4) is 0 Å². The second-order valence-corrected chi connectivity index (χ2v) is 6.71. The zero-order valence-corrected chi connectivity index (χ0v) is 13.2. The van der Waals surface area contributed by atoms with Gasteiger partial charge in [-0.2, -0.15) is 5.26 Å². The van der Waals surface area contributed by atoms with Crippen molar-refractivity contribution in [3.8, 4) is 6.07 Å². The van der Waals surface area contributed by atoms with Crippen LogP contribution < -0.4 is 5.32 Å². The second kappa shape index (κ2) is 5.90. The first kappa shape index (κ1) is 13.5. The van der Waals surface area contributed by atoms with Gasteiger partial charge in [-0.05, 0) is 29.8 Å². The highest BCUT2D eigenvalue weighted by Gasteiger charge is 2.22. The molecule has 100 valence electrons. The van der Waals surface area contributed by atoms with Crippen molar-refractivity contribution in [2.75, 3.05) is 17.6 Å². The van der Waals surface area contributed by atoms with E-state index in [0.717, 1.165) is 22.5 Å². The molecule has 4 heteroatoms.